The highest BCUT2D eigenvalue weighted by atomic mass is 35.5. The summed E-state index contributed by atoms with van der Waals surface area (Å²) >= 11 is 5.83. The van der Waals surface area contributed by atoms with Gasteiger partial charge in [0.25, 0.3) is 5.91 Å². The number of pyridine rings is 1. The molecule has 2 atom stereocenters. The second-order valence-electron chi connectivity index (χ2n) is 5.57. The van der Waals surface area contributed by atoms with Gasteiger partial charge in [-0.2, -0.15) is 0 Å². The van der Waals surface area contributed by atoms with Crippen LogP contribution < -0.4 is 10.6 Å². The number of anilines is 1. The van der Waals surface area contributed by atoms with E-state index in [1.54, 1.807) is 48.8 Å². The number of carbonyl (C=O) groups is 2. The molecule has 5 nitrogen and oxygen atoms in total. The van der Waals surface area contributed by atoms with Gasteiger partial charge in [0, 0.05) is 16.8 Å². The first-order valence-electron chi connectivity index (χ1n) is 7.78. The van der Waals surface area contributed by atoms with Gasteiger partial charge in [-0.25, -0.2) is 0 Å². The van der Waals surface area contributed by atoms with Crippen LogP contribution in [0, 0.1) is 5.92 Å². The van der Waals surface area contributed by atoms with E-state index in [1.165, 1.54) is 0 Å². The fraction of sp³-hybridized carbons (Fsp3) is 0.278. The maximum atomic E-state index is 12.6. The largest absolute Gasteiger partial charge is 0.340 e. The molecule has 24 heavy (non-hydrogen) atoms. The Morgan fingerprint density at radius 1 is 1.21 bits per heavy atom. The molecule has 0 spiro atoms. The lowest BCUT2D eigenvalue weighted by atomic mass is 9.97. The molecular weight excluding hydrogens is 326 g/mol. The van der Waals surface area contributed by atoms with Crippen LogP contribution in [0.2, 0.25) is 5.02 Å². The van der Waals surface area contributed by atoms with Crippen LogP contribution in [0.3, 0.4) is 0 Å². The van der Waals surface area contributed by atoms with Gasteiger partial charge in [-0.15, -0.1) is 0 Å². The minimum atomic E-state index is -0.640. The fourth-order valence-electron chi connectivity index (χ4n) is 2.18. The molecule has 0 saturated carbocycles. The van der Waals surface area contributed by atoms with Crippen LogP contribution in [0.5, 0.6) is 0 Å². The van der Waals surface area contributed by atoms with Gasteiger partial charge in [-0.1, -0.05) is 31.9 Å². The first kappa shape index (κ1) is 17.9. The zero-order valence-corrected chi connectivity index (χ0v) is 14.4. The molecule has 0 saturated heterocycles. The molecule has 0 unspecified atom stereocenters. The number of amides is 2. The lowest BCUT2D eigenvalue weighted by Gasteiger charge is -2.23. The van der Waals surface area contributed by atoms with Crippen molar-refractivity contribution in [1.29, 1.82) is 0 Å². The fourth-order valence-corrected chi connectivity index (χ4v) is 2.31. The molecular formula is C18H20ClN3O2. The molecule has 126 valence electrons. The number of nitrogens with zero attached hydrogens (tertiary/aromatic N) is 1. The summed E-state index contributed by atoms with van der Waals surface area (Å²) in [6, 6.07) is 9.39. The summed E-state index contributed by atoms with van der Waals surface area (Å²) in [5, 5.41) is 6.15. The molecule has 2 amide bonds. The normalized spacial score (nSPS) is 13.0. The van der Waals surface area contributed by atoms with Crippen molar-refractivity contribution in [2.24, 2.45) is 5.92 Å². The third-order valence-electron chi connectivity index (χ3n) is 3.82. The van der Waals surface area contributed by atoms with E-state index in [0.29, 0.717) is 16.3 Å². The van der Waals surface area contributed by atoms with Crippen LogP contribution in [0.15, 0.2) is 48.8 Å². The Morgan fingerprint density at radius 3 is 2.50 bits per heavy atom. The number of hydrogen-bond acceptors (Lipinski definition) is 3. The Bertz CT molecular complexity index is 689. The van der Waals surface area contributed by atoms with E-state index in [2.05, 4.69) is 15.6 Å². The molecule has 0 bridgehead atoms. The van der Waals surface area contributed by atoms with Gasteiger partial charge >= 0.3 is 0 Å². The highest BCUT2D eigenvalue weighted by molar-refractivity contribution is 6.30. The molecule has 0 aliphatic heterocycles. The van der Waals surface area contributed by atoms with Crippen molar-refractivity contribution in [3.8, 4) is 0 Å². The van der Waals surface area contributed by atoms with Crippen LogP contribution in [-0.2, 0) is 4.79 Å². The van der Waals surface area contributed by atoms with Gasteiger partial charge in [0.1, 0.15) is 6.04 Å². The quantitative estimate of drug-likeness (QED) is 0.841. The van der Waals surface area contributed by atoms with E-state index in [0.717, 1.165) is 6.42 Å². The highest BCUT2D eigenvalue weighted by Crippen LogP contribution is 2.14. The smallest absolute Gasteiger partial charge is 0.251 e. The molecule has 2 rings (SSSR count). The molecule has 0 fully saturated rings. The summed E-state index contributed by atoms with van der Waals surface area (Å²) in [5.41, 5.74) is 1.05. The van der Waals surface area contributed by atoms with E-state index in [4.69, 9.17) is 11.6 Å². The molecule has 1 aromatic heterocycles. The van der Waals surface area contributed by atoms with Crippen molar-refractivity contribution in [3.63, 3.8) is 0 Å². The van der Waals surface area contributed by atoms with Crippen molar-refractivity contribution in [3.05, 3.63) is 59.4 Å². The van der Waals surface area contributed by atoms with Gasteiger partial charge in [0.2, 0.25) is 5.91 Å². The summed E-state index contributed by atoms with van der Waals surface area (Å²) in [5.74, 6) is -0.587. The number of hydrogen-bond donors (Lipinski definition) is 2. The first-order valence-corrected chi connectivity index (χ1v) is 8.16. The van der Waals surface area contributed by atoms with Crippen molar-refractivity contribution in [2.45, 2.75) is 26.3 Å². The van der Waals surface area contributed by atoms with Crippen LogP contribution in [0.4, 0.5) is 5.69 Å². The number of carbonyl (C=O) groups excluding carboxylic acids is 2. The Kier molecular flexibility index (Phi) is 6.32. The maximum absolute atomic E-state index is 12.6. The van der Waals surface area contributed by atoms with Gasteiger partial charge in [0.05, 0.1) is 11.9 Å². The first-order chi connectivity index (χ1) is 11.5. The van der Waals surface area contributed by atoms with Crippen molar-refractivity contribution in [1.82, 2.24) is 10.3 Å². The molecule has 1 heterocycles. The highest BCUT2D eigenvalue weighted by Gasteiger charge is 2.26. The molecule has 6 heteroatoms. The summed E-state index contributed by atoms with van der Waals surface area (Å²) < 4.78 is 0. The summed E-state index contributed by atoms with van der Waals surface area (Å²) in [6.45, 7) is 3.90. The number of nitrogens with one attached hydrogen (secondary N) is 2. The van der Waals surface area contributed by atoms with E-state index in [-0.39, 0.29) is 17.7 Å². The molecule has 1 aromatic carbocycles. The van der Waals surface area contributed by atoms with Crippen molar-refractivity contribution >= 4 is 29.1 Å². The van der Waals surface area contributed by atoms with Crippen LogP contribution in [-0.4, -0.2) is 22.8 Å². The minimum absolute atomic E-state index is 0.0158. The maximum Gasteiger partial charge on any atom is 0.251 e. The Hall–Kier alpha value is -2.40. The zero-order valence-electron chi connectivity index (χ0n) is 13.6. The predicted molar refractivity (Wildman–Crippen MR) is 95.0 cm³/mol. The van der Waals surface area contributed by atoms with Gasteiger partial charge in [-0.05, 0) is 42.3 Å². The molecule has 2 N–H and O–H groups in total. The van der Waals surface area contributed by atoms with Gasteiger partial charge in [0.15, 0.2) is 0 Å². The van der Waals surface area contributed by atoms with Gasteiger partial charge < -0.3 is 10.6 Å². The third kappa shape index (κ3) is 4.80. The average Bonchev–Trinajstić information content (AvgIpc) is 2.60. The average molecular weight is 346 g/mol. The summed E-state index contributed by atoms with van der Waals surface area (Å²) in [7, 11) is 0. The number of aromatic nitrogens is 1. The second-order valence-corrected chi connectivity index (χ2v) is 6.01. The third-order valence-corrected chi connectivity index (χ3v) is 4.07. The number of halogens is 1. The van der Waals surface area contributed by atoms with Crippen LogP contribution in [0.25, 0.3) is 0 Å². The molecule has 0 aliphatic rings. The number of benzene rings is 1. The van der Waals surface area contributed by atoms with E-state index in [1.807, 2.05) is 13.8 Å². The zero-order chi connectivity index (χ0) is 17.5. The SMILES string of the molecule is CC[C@@H](C)[C@H](NC(=O)c1ccc(Cl)cc1)C(=O)Nc1cccnc1. The molecule has 0 aliphatic carbocycles. The summed E-state index contributed by atoms with van der Waals surface area (Å²) in [6.07, 6.45) is 3.95. The minimum Gasteiger partial charge on any atom is -0.340 e. The van der Waals surface area contributed by atoms with Crippen molar-refractivity contribution < 1.29 is 9.59 Å². The van der Waals surface area contributed by atoms with E-state index < -0.39 is 6.04 Å². The summed E-state index contributed by atoms with van der Waals surface area (Å²) in [4.78, 5) is 28.9. The molecule has 0 radical (unpaired) electrons. The Morgan fingerprint density at radius 2 is 1.92 bits per heavy atom. The van der Waals surface area contributed by atoms with Crippen LogP contribution >= 0.6 is 11.6 Å². The van der Waals surface area contributed by atoms with Gasteiger partial charge in [-0.3, -0.25) is 14.6 Å². The van der Waals surface area contributed by atoms with E-state index in [9.17, 15) is 9.59 Å². The van der Waals surface area contributed by atoms with Crippen molar-refractivity contribution in [2.75, 3.05) is 5.32 Å². The topological polar surface area (TPSA) is 71.1 Å². The standard InChI is InChI=1S/C18H20ClN3O2/c1-3-12(2)16(18(24)21-15-5-4-10-20-11-15)22-17(23)13-6-8-14(19)9-7-13/h4-12,16H,3H2,1-2H3,(H,21,24)(H,22,23)/t12-,16+/m1/s1. The monoisotopic (exact) mass is 345 g/mol. The van der Waals surface area contributed by atoms with Crippen LogP contribution in [0.1, 0.15) is 30.6 Å². The molecule has 2 aromatic rings. The second kappa shape index (κ2) is 8.45. The lowest BCUT2D eigenvalue weighted by molar-refractivity contribution is -0.119. The Balaban J connectivity index is 2.11. The lowest BCUT2D eigenvalue weighted by Crippen LogP contribution is -2.47. The number of rotatable bonds is 6. The Labute approximate surface area is 146 Å². The van der Waals surface area contributed by atoms with E-state index >= 15 is 0 Å². The predicted octanol–water partition coefficient (Wildman–Crippen LogP) is 3.52.